The van der Waals surface area contributed by atoms with E-state index in [1.54, 1.807) is 18.2 Å². The molecule has 0 amide bonds. The van der Waals surface area contributed by atoms with Gasteiger partial charge in [-0.15, -0.1) is 0 Å². The normalized spacial score (nSPS) is 9.62. The second kappa shape index (κ2) is 11.0. The number of ether oxygens (including phenoxy) is 2. The molecule has 0 bridgehead atoms. The van der Waals surface area contributed by atoms with Crippen molar-refractivity contribution in [2.24, 2.45) is 0 Å². The van der Waals surface area contributed by atoms with Gasteiger partial charge in [-0.05, 0) is 36.2 Å². The van der Waals surface area contributed by atoms with Crippen LogP contribution in [0.4, 0.5) is 4.39 Å². The van der Waals surface area contributed by atoms with Crippen LogP contribution >= 0.6 is 0 Å². The maximum atomic E-state index is 13.0. The SMILES string of the molecule is CO.O=C(O)CCc1cccc(OCCOc2cccc(F)c2)c1. The number of halogens is 1. The molecule has 24 heavy (non-hydrogen) atoms. The van der Waals surface area contributed by atoms with E-state index in [1.165, 1.54) is 12.1 Å². The maximum absolute atomic E-state index is 13.0. The summed E-state index contributed by atoms with van der Waals surface area (Å²) in [4.78, 5) is 10.6. The lowest BCUT2D eigenvalue weighted by Crippen LogP contribution is -2.09. The Kier molecular flexibility index (Phi) is 8.93. The summed E-state index contributed by atoms with van der Waals surface area (Å²) in [6.45, 7) is 0.613. The minimum absolute atomic E-state index is 0.0894. The number of carbonyl (C=O) groups is 1. The Morgan fingerprint density at radius 3 is 2.17 bits per heavy atom. The molecule has 130 valence electrons. The molecule has 0 spiro atoms. The first kappa shape index (κ1) is 19.4. The molecular formula is C18H21FO5. The monoisotopic (exact) mass is 336 g/mol. The lowest BCUT2D eigenvalue weighted by atomic mass is 10.1. The minimum atomic E-state index is -0.824. The van der Waals surface area contributed by atoms with Crippen molar-refractivity contribution in [2.45, 2.75) is 12.8 Å². The highest BCUT2D eigenvalue weighted by Crippen LogP contribution is 2.15. The van der Waals surface area contributed by atoms with Crippen LogP contribution < -0.4 is 9.47 Å². The molecule has 0 aliphatic carbocycles. The van der Waals surface area contributed by atoms with E-state index < -0.39 is 5.97 Å². The number of benzene rings is 2. The highest BCUT2D eigenvalue weighted by Gasteiger charge is 2.01. The molecule has 2 aromatic carbocycles. The Balaban J connectivity index is 0.00000139. The summed E-state index contributed by atoms with van der Waals surface area (Å²) >= 11 is 0. The number of aryl methyl sites for hydroxylation is 1. The van der Waals surface area contributed by atoms with E-state index in [1.807, 2.05) is 18.2 Å². The molecule has 0 atom stereocenters. The van der Waals surface area contributed by atoms with Crippen molar-refractivity contribution in [1.29, 1.82) is 0 Å². The minimum Gasteiger partial charge on any atom is -0.490 e. The Morgan fingerprint density at radius 1 is 1.00 bits per heavy atom. The van der Waals surface area contributed by atoms with Gasteiger partial charge in [0.1, 0.15) is 30.5 Å². The molecule has 0 fully saturated rings. The fourth-order valence-corrected chi connectivity index (χ4v) is 1.92. The van der Waals surface area contributed by atoms with Crippen molar-refractivity contribution in [3.05, 3.63) is 59.9 Å². The molecule has 0 radical (unpaired) electrons. The van der Waals surface area contributed by atoms with Crippen molar-refractivity contribution in [2.75, 3.05) is 20.3 Å². The van der Waals surface area contributed by atoms with Crippen molar-refractivity contribution < 1.29 is 28.9 Å². The van der Waals surface area contributed by atoms with Gasteiger partial charge >= 0.3 is 5.97 Å². The highest BCUT2D eigenvalue weighted by atomic mass is 19.1. The van der Waals surface area contributed by atoms with Crippen LogP contribution in [-0.4, -0.2) is 36.5 Å². The van der Waals surface area contributed by atoms with Crippen molar-refractivity contribution in [1.82, 2.24) is 0 Å². The van der Waals surface area contributed by atoms with Crippen LogP contribution in [0.2, 0.25) is 0 Å². The molecule has 0 aromatic heterocycles. The van der Waals surface area contributed by atoms with E-state index in [9.17, 15) is 9.18 Å². The fourth-order valence-electron chi connectivity index (χ4n) is 1.92. The van der Waals surface area contributed by atoms with Gasteiger partial charge in [-0.3, -0.25) is 4.79 Å². The van der Waals surface area contributed by atoms with Gasteiger partial charge in [0.05, 0.1) is 0 Å². The number of rotatable bonds is 8. The summed E-state index contributed by atoms with van der Waals surface area (Å²) in [7, 11) is 1.00. The van der Waals surface area contributed by atoms with Gasteiger partial charge in [0, 0.05) is 19.6 Å². The Labute approximate surface area is 140 Å². The van der Waals surface area contributed by atoms with Gasteiger partial charge in [0.25, 0.3) is 0 Å². The van der Waals surface area contributed by atoms with Crippen LogP contribution in [0.15, 0.2) is 48.5 Å². The molecule has 2 aromatic rings. The molecule has 6 heteroatoms. The third-order valence-corrected chi connectivity index (χ3v) is 2.94. The van der Waals surface area contributed by atoms with Crippen LogP contribution in [0.25, 0.3) is 0 Å². The number of hydrogen-bond acceptors (Lipinski definition) is 4. The van der Waals surface area contributed by atoms with E-state index in [0.29, 0.717) is 31.1 Å². The molecule has 2 N–H and O–H groups in total. The van der Waals surface area contributed by atoms with Gasteiger partial charge in [-0.1, -0.05) is 18.2 Å². The molecule has 0 heterocycles. The first-order chi connectivity index (χ1) is 11.6. The Hall–Kier alpha value is -2.60. The number of aliphatic hydroxyl groups excluding tert-OH is 1. The molecule has 0 unspecified atom stereocenters. The van der Waals surface area contributed by atoms with Crippen molar-refractivity contribution in [3.63, 3.8) is 0 Å². The smallest absolute Gasteiger partial charge is 0.303 e. The molecule has 0 saturated heterocycles. The van der Waals surface area contributed by atoms with Crippen LogP contribution in [-0.2, 0) is 11.2 Å². The molecule has 5 nitrogen and oxygen atoms in total. The van der Waals surface area contributed by atoms with Gasteiger partial charge in [0.15, 0.2) is 0 Å². The predicted octanol–water partition coefficient (Wildman–Crippen LogP) is 2.91. The van der Waals surface area contributed by atoms with Crippen LogP contribution in [0.3, 0.4) is 0 Å². The average Bonchev–Trinajstić information content (AvgIpc) is 2.59. The standard InChI is InChI=1S/C17H17FO4.CH4O/c18-14-4-2-6-16(12-14)22-10-9-21-15-5-1-3-13(11-15)7-8-17(19)20;1-2/h1-6,11-12H,7-10H2,(H,19,20);2H,1H3. The summed E-state index contributed by atoms with van der Waals surface area (Å²) in [5.74, 6) is -0.0519. The van der Waals surface area contributed by atoms with E-state index in [2.05, 4.69) is 0 Å². The third-order valence-electron chi connectivity index (χ3n) is 2.94. The fraction of sp³-hybridized carbons (Fsp3) is 0.278. The summed E-state index contributed by atoms with van der Waals surface area (Å²) in [6, 6.07) is 13.2. The van der Waals surface area contributed by atoms with E-state index in [-0.39, 0.29) is 12.2 Å². The second-order valence-corrected chi connectivity index (χ2v) is 4.70. The van der Waals surface area contributed by atoms with Crippen LogP contribution in [0, 0.1) is 5.82 Å². The number of aliphatic carboxylic acids is 1. The van der Waals surface area contributed by atoms with Gasteiger partial charge in [-0.25, -0.2) is 4.39 Å². The van der Waals surface area contributed by atoms with E-state index in [4.69, 9.17) is 19.7 Å². The molecule has 2 rings (SSSR count). The van der Waals surface area contributed by atoms with Crippen LogP contribution in [0.1, 0.15) is 12.0 Å². The Bertz CT molecular complexity index is 630. The predicted molar refractivity (Wildman–Crippen MR) is 87.9 cm³/mol. The van der Waals surface area contributed by atoms with Gasteiger partial charge < -0.3 is 19.7 Å². The summed E-state index contributed by atoms with van der Waals surface area (Å²) in [6.07, 6.45) is 0.554. The molecule has 0 aliphatic rings. The Morgan fingerprint density at radius 2 is 1.58 bits per heavy atom. The van der Waals surface area contributed by atoms with Crippen molar-refractivity contribution in [3.8, 4) is 11.5 Å². The zero-order valence-corrected chi connectivity index (χ0v) is 13.4. The lowest BCUT2D eigenvalue weighted by Gasteiger charge is -2.09. The highest BCUT2D eigenvalue weighted by molar-refractivity contribution is 5.67. The third kappa shape index (κ3) is 7.60. The van der Waals surface area contributed by atoms with Crippen LogP contribution in [0.5, 0.6) is 11.5 Å². The average molecular weight is 336 g/mol. The first-order valence-corrected chi connectivity index (χ1v) is 7.40. The molecule has 0 saturated carbocycles. The van der Waals surface area contributed by atoms with E-state index >= 15 is 0 Å². The summed E-state index contributed by atoms with van der Waals surface area (Å²) in [5.41, 5.74) is 0.908. The zero-order chi connectivity index (χ0) is 17.8. The van der Waals surface area contributed by atoms with Gasteiger partial charge in [0.2, 0.25) is 0 Å². The quantitative estimate of drug-likeness (QED) is 0.725. The number of aliphatic hydroxyl groups is 1. The van der Waals surface area contributed by atoms with E-state index in [0.717, 1.165) is 12.7 Å². The second-order valence-electron chi connectivity index (χ2n) is 4.70. The number of carboxylic acid groups (broad SMARTS) is 1. The summed E-state index contributed by atoms with van der Waals surface area (Å²) < 4.78 is 23.9. The lowest BCUT2D eigenvalue weighted by molar-refractivity contribution is -0.136. The zero-order valence-electron chi connectivity index (χ0n) is 13.4. The maximum Gasteiger partial charge on any atom is 0.303 e. The molecule has 0 aliphatic heterocycles. The van der Waals surface area contributed by atoms with Crippen molar-refractivity contribution >= 4 is 5.97 Å². The largest absolute Gasteiger partial charge is 0.490 e. The first-order valence-electron chi connectivity index (χ1n) is 7.40. The number of hydrogen-bond donors (Lipinski definition) is 2. The summed E-state index contributed by atoms with van der Waals surface area (Å²) in [5, 5.41) is 15.7. The molecular weight excluding hydrogens is 315 g/mol. The topological polar surface area (TPSA) is 76.0 Å². The number of carboxylic acids is 1. The van der Waals surface area contributed by atoms with Gasteiger partial charge in [-0.2, -0.15) is 0 Å².